The number of hydrogen-bond acceptors (Lipinski definition) is 6. The Kier molecular flexibility index (Phi) is 4.32. The van der Waals surface area contributed by atoms with Gasteiger partial charge in [0.15, 0.2) is 6.29 Å². The SMILES string of the molecule is CCN(C)c1nc(N)nc(C)c1/C=C(\C=O)c1cnc[nH]1. The lowest BCUT2D eigenvalue weighted by Crippen LogP contribution is -2.20. The first-order valence-corrected chi connectivity index (χ1v) is 6.57. The van der Waals surface area contributed by atoms with E-state index < -0.39 is 0 Å². The summed E-state index contributed by atoms with van der Waals surface area (Å²) < 4.78 is 0. The van der Waals surface area contributed by atoms with E-state index in [0.717, 1.165) is 24.1 Å². The number of aryl methyl sites for hydroxylation is 1. The number of hydrogen-bond donors (Lipinski definition) is 2. The van der Waals surface area contributed by atoms with Crippen LogP contribution in [0.3, 0.4) is 0 Å². The number of allylic oxidation sites excluding steroid dienone is 1. The molecule has 0 bridgehead atoms. The molecule has 0 spiro atoms. The molecule has 0 amide bonds. The molecule has 7 heteroatoms. The second-order valence-electron chi connectivity index (χ2n) is 4.60. The molecule has 7 nitrogen and oxygen atoms in total. The average molecular weight is 286 g/mol. The van der Waals surface area contributed by atoms with Crippen molar-refractivity contribution >= 4 is 29.7 Å². The molecule has 0 aliphatic carbocycles. The van der Waals surface area contributed by atoms with Gasteiger partial charge in [0.05, 0.1) is 23.9 Å². The Bertz CT molecular complexity index is 662. The fourth-order valence-electron chi connectivity index (χ4n) is 1.94. The maximum absolute atomic E-state index is 11.3. The molecule has 2 rings (SSSR count). The molecule has 0 saturated heterocycles. The smallest absolute Gasteiger partial charge is 0.222 e. The summed E-state index contributed by atoms with van der Waals surface area (Å²) in [5.74, 6) is 0.913. The minimum atomic E-state index is 0.217. The van der Waals surface area contributed by atoms with Crippen molar-refractivity contribution in [3.8, 4) is 0 Å². The summed E-state index contributed by atoms with van der Waals surface area (Å²) in [6.07, 6.45) is 5.64. The highest BCUT2D eigenvalue weighted by atomic mass is 16.1. The molecule has 2 aromatic rings. The van der Waals surface area contributed by atoms with Gasteiger partial charge in [-0.25, -0.2) is 9.97 Å². The standard InChI is InChI=1S/C14H18N6O/c1-4-20(3)13-11(9(2)18-14(15)19-13)5-10(7-21)12-6-16-8-17-12/h5-8H,4H2,1-3H3,(H,16,17)(H2,15,18,19)/b10-5+. The molecule has 0 atom stereocenters. The van der Waals surface area contributed by atoms with Gasteiger partial charge in [0.1, 0.15) is 5.82 Å². The van der Waals surface area contributed by atoms with Crippen molar-refractivity contribution in [2.45, 2.75) is 13.8 Å². The number of imidazole rings is 1. The van der Waals surface area contributed by atoms with Crippen LogP contribution in [0.1, 0.15) is 23.9 Å². The largest absolute Gasteiger partial charge is 0.368 e. The van der Waals surface area contributed by atoms with Crippen LogP contribution in [0.4, 0.5) is 11.8 Å². The topological polar surface area (TPSA) is 101 Å². The number of anilines is 2. The number of nitrogens with one attached hydrogen (secondary N) is 1. The van der Waals surface area contributed by atoms with Crippen molar-refractivity contribution in [3.63, 3.8) is 0 Å². The summed E-state index contributed by atoms with van der Waals surface area (Å²) in [5.41, 5.74) is 8.34. The Morgan fingerprint density at radius 2 is 2.24 bits per heavy atom. The zero-order valence-electron chi connectivity index (χ0n) is 12.3. The first-order valence-electron chi connectivity index (χ1n) is 6.57. The molecular formula is C14H18N6O. The summed E-state index contributed by atoms with van der Waals surface area (Å²) in [7, 11) is 1.91. The van der Waals surface area contributed by atoms with Gasteiger partial charge in [-0.05, 0) is 19.9 Å². The molecule has 0 aliphatic heterocycles. The van der Waals surface area contributed by atoms with Crippen molar-refractivity contribution in [1.82, 2.24) is 19.9 Å². The van der Waals surface area contributed by atoms with Crippen LogP contribution in [-0.2, 0) is 4.79 Å². The molecular weight excluding hydrogens is 268 g/mol. The third-order valence-corrected chi connectivity index (χ3v) is 3.21. The van der Waals surface area contributed by atoms with Crippen LogP contribution in [0.2, 0.25) is 0 Å². The molecule has 0 fully saturated rings. The summed E-state index contributed by atoms with van der Waals surface area (Å²) >= 11 is 0. The number of nitrogens with two attached hydrogens (primary N) is 1. The maximum atomic E-state index is 11.3. The molecule has 0 aliphatic rings. The van der Waals surface area contributed by atoms with Gasteiger partial charge in [0.2, 0.25) is 5.95 Å². The highest BCUT2D eigenvalue weighted by molar-refractivity contribution is 6.13. The third kappa shape index (κ3) is 3.07. The average Bonchev–Trinajstić information content (AvgIpc) is 2.99. The van der Waals surface area contributed by atoms with E-state index in [4.69, 9.17) is 5.73 Å². The van der Waals surface area contributed by atoms with Gasteiger partial charge in [-0.1, -0.05) is 0 Å². The number of nitrogens with zero attached hydrogens (tertiary/aromatic N) is 4. The fourth-order valence-corrected chi connectivity index (χ4v) is 1.94. The van der Waals surface area contributed by atoms with Gasteiger partial charge in [-0.2, -0.15) is 4.98 Å². The van der Waals surface area contributed by atoms with Crippen LogP contribution in [-0.4, -0.2) is 39.8 Å². The monoisotopic (exact) mass is 286 g/mol. The maximum Gasteiger partial charge on any atom is 0.222 e. The molecule has 2 aromatic heterocycles. The number of H-pyrrole nitrogens is 1. The highest BCUT2D eigenvalue weighted by Gasteiger charge is 2.13. The number of carbonyl (C=O) groups is 1. The van der Waals surface area contributed by atoms with Crippen LogP contribution in [0, 0.1) is 6.92 Å². The molecule has 0 saturated carbocycles. The zero-order chi connectivity index (χ0) is 15.4. The van der Waals surface area contributed by atoms with Crippen molar-refractivity contribution in [3.05, 3.63) is 29.5 Å². The first-order chi connectivity index (χ1) is 10.1. The van der Waals surface area contributed by atoms with E-state index >= 15 is 0 Å². The van der Waals surface area contributed by atoms with Crippen molar-refractivity contribution in [2.75, 3.05) is 24.2 Å². The second-order valence-corrected chi connectivity index (χ2v) is 4.60. The van der Waals surface area contributed by atoms with E-state index in [1.807, 2.05) is 25.8 Å². The number of aldehydes is 1. The summed E-state index contributed by atoms with van der Waals surface area (Å²) in [6.45, 7) is 4.61. The normalized spacial score (nSPS) is 11.5. The summed E-state index contributed by atoms with van der Waals surface area (Å²) in [6, 6.07) is 0. The Hall–Kier alpha value is -2.70. The number of aromatic nitrogens is 4. The predicted molar refractivity (Wildman–Crippen MR) is 82.6 cm³/mol. The molecule has 21 heavy (non-hydrogen) atoms. The lowest BCUT2D eigenvalue weighted by Gasteiger charge is -2.19. The van der Waals surface area contributed by atoms with Crippen molar-refractivity contribution < 1.29 is 4.79 Å². The summed E-state index contributed by atoms with van der Waals surface area (Å²) in [5, 5.41) is 0. The van der Waals surface area contributed by atoms with Crippen LogP contribution >= 0.6 is 0 Å². The fraction of sp³-hybridized carbons (Fsp3) is 0.286. The second kappa shape index (κ2) is 6.17. The van der Waals surface area contributed by atoms with Gasteiger partial charge in [-0.15, -0.1) is 0 Å². The van der Waals surface area contributed by atoms with E-state index in [0.29, 0.717) is 17.1 Å². The van der Waals surface area contributed by atoms with Gasteiger partial charge in [0, 0.05) is 24.7 Å². The predicted octanol–water partition coefficient (Wildman–Crippen LogP) is 1.29. The van der Waals surface area contributed by atoms with Gasteiger partial charge in [0.25, 0.3) is 0 Å². The van der Waals surface area contributed by atoms with Crippen molar-refractivity contribution in [1.29, 1.82) is 0 Å². The lowest BCUT2D eigenvalue weighted by molar-refractivity contribution is -0.103. The molecule has 110 valence electrons. The number of rotatable bonds is 5. The van der Waals surface area contributed by atoms with Crippen LogP contribution in [0.25, 0.3) is 11.6 Å². The van der Waals surface area contributed by atoms with E-state index in [9.17, 15) is 4.79 Å². The van der Waals surface area contributed by atoms with E-state index in [-0.39, 0.29) is 5.95 Å². The minimum Gasteiger partial charge on any atom is -0.368 e. The molecule has 0 radical (unpaired) electrons. The van der Waals surface area contributed by atoms with E-state index in [1.165, 1.54) is 6.33 Å². The van der Waals surface area contributed by atoms with Gasteiger partial charge < -0.3 is 15.6 Å². The van der Waals surface area contributed by atoms with Crippen LogP contribution < -0.4 is 10.6 Å². The Balaban J connectivity index is 2.59. The van der Waals surface area contributed by atoms with Crippen molar-refractivity contribution in [2.24, 2.45) is 0 Å². The van der Waals surface area contributed by atoms with E-state index in [1.54, 1.807) is 12.3 Å². The minimum absolute atomic E-state index is 0.217. The Morgan fingerprint density at radius 1 is 1.48 bits per heavy atom. The van der Waals surface area contributed by atoms with Gasteiger partial charge >= 0.3 is 0 Å². The summed E-state index contributed by atoms with van der Waals surface area (Å²) in [4.78, 5) is 28.6. The van der Waals surface area contributed by atoms with Gasteiger partial charge in [-0.3, -0.25) is 4.79 Å². The highest BCUT2D eigenvalue weighted by Crippen LogP contribution is 2.25. The molecule has 3 N–H and O–H groups in total. The number of aromatic amines is 1. The third-order valence-electron chi connectivity index (χ3n) is 3.21. The zero-order valence-corrected chi connectivity index (χ0v) is 12.3. The van der Waals surface area contributed by atoms with Crippen LogP contribution in [0.5, 0.6) is 0 Å². The molecule has 2 heterocycles. The van der Waals surface area contributed by atoms with E-state index in [2.05, 4.69) is 19.9 Å². The Morgan fingerprint density at radius 3 is 2.81 bits per heavy atom. The first kappa shape index (κ1) is 14.7. The number of nitrogen functional groups attached to an aromatic ring is 1. The Labute approximate surface area is 122 Å². The number of carbonyl (C=O) groups excluding carboxylic acids is 1. The lowest BCUT2D eigenvalue weighted by atomic mass is 10.1. The molecule has 0 aromatic carbocycles. The molecule has 0 unspecified atom stereocenters. The quantitative estimate of drug-likeness (QED) is 0.634. The van der Waals surface area contributed by atoms with Crippen LogP contribution in [0.15, 0.2) is 12.5 Å².